The zero-order valence-electron chi connectivity index (χ0n) is 9.89. The monoisotopic (exact) mass is 254 g/mol. The molecule has 5 heteroatoms. The quantitative estimate of drug-likeness (QED) is 0.364. The minimum atomic E-state index is -0.528. The van der Waals surface area contributed by atoms with Gasteiger partial charge in [0.05, 0.1) is 4.92 Å². The molecule has 0 amide bonds. The van der Waals surface area contributed by atoms with Gasteiger partial charge >= 0.3 is 0 Å². The SMILES string of the molecule is O=C(C=Cc1ncccc1[N+](=O)[O-])c1ccccc1. The van der Waals surface area contributed by atoms with Crippen molar-refractivity contribution in [2.45, 2.75) is 0 Å². The summed E-state index contributed by atoms with van der Waals surface area (Å²) < 4.78 is 0. The van der Waals surface area contributed by atoms with Crippen LogP contribution >= 0.6 is 0 Å². The van der Waals surface area contributed by atoms with E-state index in [0.29, 0.717) is 5.56 Å². The van der Waals surface area contributed by atoms with Crippen molar-refractivity contribution < 1.29 is 9.72 Å². The van der Waals surface area contributed by atoms with Crippen LogP contribution in [0.1, 0.15) is 16.1 Å². The van der Waals surface area contributed by atoms with Crippen molar-refractivity contribution in [2.24, 2.45) is 0 Å². The summed E-state index contributed by atoms with van der Waals surface area (Å²) in [6.45, 7) is 0. The van der Waals surface area contributed by atoms with Gasteiger partial charge in [-0.1, -0.05) is 30.3 Å². The molecular formula is C14H10N2O3. The van der Waals surface area contributed by atoms with Crippen LogP contribution in [0.15, 0.2) is 54.7 Å². The van der Waals surface area contributed by atoms with Gasteiger partial charge in [0.2, 0.25) is 0 Å². The van der Waals surface area contributed by atoms with Gasteiger partial charge in [0.15, 0.2) is 5.78 Å². The number of pyridine rings is 1. The van der Waals surface area contributed by atoms with E-state index in [0.717, 1.165) is 0 Å². The Balaban J connectivity index is 2.24. The van der Waals surface area contributed by atoms with E-state index >= 15 is 0 Å². The molecule has 1 aromatic heterocycles. The van der Waals surface area contributed by atoms with Crippen LogP contribution in [-0.4, -0.2) is 15.7 Å². The first-order valence-corrected chi connectivity index (χ1v) is 5.55. The third-order valence-electron chi connectivity index (χ3n) is 2.46. The molecule has 2 aromatic rings. The number of nitrogens with zero attached hydrogens (tertiary/aromatic N) is 2. The second-order valence-electron chi connectivity index (χ2n) is 3.73. The summed E-state index contributed by atoms with van der Waals surface area (Å²) in [6.07, 6.45) is 4.08. The van der Waals surface area contributed by atoms with Crippen molar-refractivity contribution in [1.82, 2.24) is 4.98 Å². The molecular weight excluding hydrogens is 244 g/mol. The van der Waals surface area contributed by atoms with Gasteiger partial charge < -0.3 is 0 Å². The first kappa shape index (κ1) is 12.6. The molecule has 0 saturated heterocycles. The van der Waals surface area contributed by atoms with E-state index in [1.54, 1.807) is 24.3 Å². The standard InChI is InChI=1S/C14H10N2O3/c17-14(11-5-2-1-3-6-11)9-8-12-13(16(18)19)7-4-10-15-12/h1-10H. The molecule has 0 aliphatic carbocycles. The molecule has 0 N–H and O–H groups in total. The van der Waals surface area contributed by atoms with E-state index in [1.807, 2.05) is 6.07 Å². The molecule has 19 heavy (non-hydrogen) atoms. The van der Waals surface area contributed by atoms with E-state index in [-0.39, 0.29) is 17.2 Å². The smallest absolute Gasteiger partial charge is 0.289 e. The summed E-state index contributed by atoms with van der Waals surface area (Å²) in [4.78, 5) is 26.0. The third-order valence-corrected chi connectivity index (χ3v) is 2.46. The second kappa shape index (κ2) is 5.68. The Bertz CT molecular complexity index is 636. The van der Waals surface area contributed by atoms with Gasteiger partial charge in [-0.15, -0.1) is 0 Å². The maximum Gasteiger partial charge on any atom is 0.294 e. The lowest BCUT2D eigenvalue weighted by molar-refractivity contribution is -0.385. The van der Waals surface area contributed by atoms with Gasteiger partial charge in [0, 0.05) is 17.8 Å². The Morgan fingerprint density at radius 1 is 1.16 bits per heavy atom. The molecule has 0 radical (unpaired) electrons. The van der Waals surface area contributed by atoms with Crippen molar-refractivity contribution in [3.63, 3.8) is 0 Å². The van der Waals surface area contributed by atoms with Crippen LogP contribution in [0, 0.1) is 10.1 Å². The van der Waals surface area contributed by atoms with Gasteiger partial charge in [-0.25, -0.2) is 4.98 Å². The summed E-state index contributed by atoms with van der Waals surface area (Å²) in [6, 6.07) is 11.5. The summed E-state index contributed by atoms with van der Waals surface area (Å²) in [5, 5.41) is 10.8. The molecule has 2 rings (SSSR count). The summed E-state index contributed by atoms with van der Waals surface area (Å²) in [5.74, 6) is -0.222. The third kappa shape index (κ3) is 3.10. The van der Waals surface area contributed by atoms with Crippen molar-refractivity contribution >= 4 is 17.5 Å². The first-order valence-electron chi connectivity index (χ1n) is 5.55. The Morgan fingerprint density at radius 3 is 2.58 bits per heavy atom. The highest BCUT2D eigenvalue weighted by atomic mass is 16.6. The normalized spacial score (nSPS) is 10.5. The number of carbonyl (C=O) groups is 1. The fourth-order valence-electron chi connectivity index (χ4n) is 1.55. The van der Waals surface area contributed by atoms with Crippen LogP contribution in [0.5, 0.6) is 0 Å². The fourth-order valence-corrected chi connectivity index (χ4v) is 1.55. The molecule has 0 saturated carbocycles. The molecule has 0 spiro atoms. The van der Waals surface area contributed by atoms with Crippen LogP contribution in [0.3, 0.4) is 0 Å². The topological polar surface area (TPSA) is 73.1 Å². The number of hydrogen-bond donors (Lipinski definition) is 0. The molecule has 0 aliphatic heterocycles. The Kier molecular flexibility index (Phi) is 3.78. The number of aromatic nitrogens is 1. The van der Waals surface area contributed by atoms with E-state index in [9.17, 15) is 14.9 Å². The van der Waals surface area contributed by atoms with Crippen LogP contribution in [0.4, 0.5) is 5.69 Å². The molecule has 1 heterocycles. The lowest BCUT2D eigenvalue weighted by atomic mass is 10.1. The molecule has 1 aromatic carbocycles. The van der Waals surface area contributed by atoms with E-state index in [4.69, 9.17) is 0 Å². The van der Waals surface area contributed by atoms with Crippen molar-refractivity contribution in [3.05, 3.63) is 76.1 Å². The zero-order valence-corrected chi connectivity index (χ0v) is 9.89. The fraction of sp³-hybridized carbons (Fsp3) is 0. The maximum absolute atomic E-state index is 11.8. The van der Waals surface area contributed by atoms with Gasteiger partial charge in [0.1, 0.15) is 5.69 Å². The largest absolute Gasteiger partial charge is 0.294 e. The van der Waals surface area contributed by atoms with E-state index in [2.05, 4.69) is 4.98 Å². The van der Waals surface area contributed by atoms with Crippen LogP contribution < -0.4 is 0 Å². The molecule has 5 nitrogen and oxygen atoms in total. The van der Waals surface area contributed by atoms with Crippen molar-refractivity contribution in [2.75, 3.05) is 0 Å². The first-order chi connectivity index (χ1) is 9.18. The molecule has 0 unspecified atom stereocenters. The predicted octanol–water partition coefficient (Wildman–Crippen LogP) is 2.89. The second-order valence-corrected chi connectivity index (χ2v) is 3.73. The van der Waals surface area contributed by atoms with Gasteiger partial charge in [-0.3, -0.25) is 14.9 Å². The Labute approximate surface area is 109 Å². The number of hydrogen-bond acceptors (Lipinski definition) is 4. The number of allylic oxidation sites excluding steroid dienone is 1. The van der Waals surface area contributed by atoms with Crippen molar-refractivity contribution in [3.8, 4) is 0 Å². The van der Waals surface area contributed by atoms with Crippen LogP contribution in [0.2, 0.25) is 0 Å². The lowest BCUT2D eigenvalue weighted by Gasteiger charge is -1.96. The lowest BCUT2D eigenvalue weighted by Crippen LogP contribution is -1.96. The Hall–Kier alpha value is -2.82. The minimum absolute atomic E-state index is 0.125. The number of nitro groups is 1. The number of rotatable bonds is 4. The summed E-state index contributed by atoms with van der Waals surface area (Å²) in [7, 11) is 0. The summed E-state index contributed by atoms with van der Waals surface area (Å²) >= 11 is 0. The minimum Gasteiger partial charge on any atom is -0.289 e. The predicted molar refractivity (Wildman–Crippen MR) is 70.7 cm³/mol. The zero-order chi connectivity index (χ0) is 13.7. The highest BCUT2D eigenvalue weighted by Crippen LogP contribution is 2.16. The highest BCUT2D eigenvalue weighted by Gasteiger charge is 2.11. The molecule has 0 aliphatic rings. The number of ketones is 1. The summed E-state index contributed by atoms with van der Waals surface area (Å²) in [5.41, 5.74) is 0.564. The van der Waals surface area contributed by atoms with E-state index in [1.165, 1.54) is 30.5 Å². The molecule has 0 fully saturated rings. The highest BCUT2D eigenvalue weighted by molar-refractivity contribution is 6.06. The number of benzene rings is 1. The van der Waals surface area contributed by atoms with Gasteiger partial charge in [-0.05, 0) is 18.2 Å². The van der Waals surface area contributed by atoms with E-state index < -0.39 is 4.92 Å². The average Bonchev–Trinajstić information content (AvgIpc) is 2.46. The maximum atomic E-state index is 11.8. The van der Waals surface area contributed by atoms with Gasteiger partial charge in [0.25, 0.3) is 5.69 Å². The molecule has 94 valence electrons. The van der Waals surface area contributed by atoms with Crippen LogP contribution in [0.25, 0.3) is 6.08 Å². The molecule has 0 bridgehead atoms. The van der Waals surface area contributed by atoms with Crippen LogP contribution in [-0.2, 0) is 0 Å². The Morgan fingerprint density at radius 2 is 1.89 bits per heavy atom. The molecule has 0 atom stereocenters. The average molecular weight is 254 g/mol. The van der Waals surface area contributed by atoms with Gasteiger partial charge in [-0.2, -0.15) is 0 Å². The number of carbonyl (C=O) groups excluding carboxylic acids is 1. The van der Waals surface area contributed by atoms with Crippen molar-refractivity contribution in [1.29, 1.82) is 0 Å².